The second-order valence-corrected chi connectivity index (χ2v) is 9.58. The summed E-state index contributed by atoms with van der Waals surface area (Å²) in [6.45, 7) is 3.19. The average molecular weight is 525 g/mol. The van der Waals surface area contributed by atoms with E-state index < -0.39 is 11.7 Å². The van der Waals surface area contributed by atoms with Crippen LogP contribution < -0.4 is 10.5 Å². The number of nitrogens with zero attached hydrogens (tertiary/aromatic N) is 5. The number of methoxy groups -OCH3 is 1. The second kappa shape index (κ2) is 9.96. The number of aryl methyl sites for hydroxylation is 1. The number of piperidine rings is 1. The molecule has 2 N–H and O–H groups in total. The Bertz CT molecular complexity index is 1480. The fraction of sp³-hybridized carbons (Fsp3) is 0.333. The van der Waals surface area contributed by atoms with Crippen molar-refractivity contribution >= 4 is 17.2 Å². The fourth-order valence-corrected chi connectivity index (χ4v) is 5.04. The van der Waals surface area contributed by atoms with Gasteiger partial charge in [-0.1, -0.05) is 29.8 Å². The molecule has 4 aromatic rings. The van der Waals surface area contributed by atoms with Crippen LogP contribution in [0.25, 0.3) is 16.8 Å². The molecule has 5 rings (SSSR count). The van der Waals surface area contributed by atoms with Gasteiger partial charge in [-0.2, -0.15) is 18.3 Å². The number of carbonyl (C=O) groups excluding carboxylic acids is 1. The zero-order valence-corrected chi connectivity index (χ0v) is 21.0. The molecule has 198 valence electrons. The van der Waals surface area contributed by atoms with E-state index in [2.05, 4.69) is 39.3 Å². The molecule has 1 fully saturated rings. The van der Waals surface area contributed by atoms with Crippen LogP contribution in [0, 0.1) is 12.8 Å². The number of ether oxygens (including phenoxy) is 1. The Morgan fingerprint density at radius 1 is 1.18 bits per heavy atom. The van der Waals surface area contributed by atoms with Gasteiger partial charge in [-0.05, 0) is 49.8 Å². The van der Waals surface area contributed by atoms with E-state index in [0.717, 1.165) is 36.2 Å². The number of aromatic nitrogens is 4. The highest BCUT2D eigenvalue weighted by Crippen LogP contribution is 2.39. The molecule has 1 aliphatic heterocycles. The Hall–Kier alpha value is -4.15. The number of fused-ring (bicyclic) bond motifs is 1. The minimum Gasteiger partial charge on any atom is -0.480 e. The molecule has 0 spiro atoms. The molecule has 4 heterocycles. The first-order valence-corrected chi connectivity index (χ1v) is 12.2. The number of nitrogens with two attached hydrogens (primary N) is 1. The topological polar surface area (TPSA) is 98.6 Å². The van der Waals surface area contributed by atoms with Crippen molar-refractivity contribution in [1.29, 1.82) is 0 Å². The maximum Gasteiger partial charge on any atom is 0.418 e. The molecular formula is C27H27F3N6O2. The molecule has 8 nitrogen and oxygen atoms in total. The number of benzene rings is 1. The van der Waals surface area contributed by atoms with Gasteiger partial charge in [-0.3, -0.25) is 4.79 Å². The van der Waals surface area contributed by atoms with Gasteiger partial charge in [0.05, 0.1) is 18.4 Å². The molecule has 1 unspecified atom stereocenters. The summed E-state index contributed by atoms with van der Waals surface area (Å²) in [5.74, 6) is -0.188. The summed E-state index contributed by atoms with van der Waals surface area (Å²) in [5, 5.41) is 3.99. The second-order valence-electron chi connectivity index (χ2n) is 9.58. The SMILES string of the molecule is COc1ncc(-c2cc(C(F)(F)F)c3c(N)ncnn23)cc1C(=O)N1CCCC(Cc2ccc(C)cc2)C1. The first-order valence-electron chi connectivity index (χ1n) is 12.2. The third kappa shape index (κ3) is 4.88. The number of alkyl halides is 3. The molecule has 0 aliphatic carbocycles. The van der Waals surface area contributed by atoms with Crippen LogP contribution in [0.15, 0.2) is 48.9 Å². The summed E-state index contributed by atoms with van der Waals surface area (Å²) >= 11 is 0. The maximum atomic E-state index is 13.8. The summed E-state index contributed by atoms with van der Waals surface area (Å²) in [6, 6.07) is 10.8. The van der Waals surface area contributed by atoms with Crippen LogP contribution in [-0.4, -0.2) is 50.6 Å². The molecule has 38 heavy (non-hydrogen) atoms. The van der Waals surface area contributed by atoms with Crippen molar-refractivity contribution in [2.75, 3.05) is 25.9 Å². The van der Waals surface area contributed by atoms with E-state index >= 15 is 0 Å². The van der Waals surface area contributed by atoms with Crippen LogP contribution >= 0.6 is 0 Å². The highest BCUT2D eigenvalue weighted by molar-refractivity contribution is 5.97. The maximum absolute atomic E-state index is 13.8. The number of hydrogen-bond acceptors (Lipinski definition) is 6. The lowest BCUT2D eigenvalue weighted by molar-refractivity contribution is -0.136. The van der Waals surface area contributed by atoms with Gasteiger partial charge in [0.15, 0.2) is 5.82 Å². The van der Waals surface area contributed by atoms with E-state index in [1.54, 1.807) is 4.90 Å². The number of hydrogen-bond donors (Lipinski definition) is 1. The van der Waals surface area contributed by atoms with Crippen molar-refractivity contribution < 1.29 is 22.7 Å². The van der Waals surface area contributed by atoms with Crippen molar-refractivity contribution in [3.63, 3.8) is 0 Å². The van der Waals surface area contributed by atoms with Gasteiger partial charge >= 0.3 is 6.18 Å². The molecule has 0 saturated carbocycles. The van der Waals surface area contributed by atoms with Gasteiger partial charge in [0.1, 0.15) is 17.4 Å². The molecule has 0 radical (unpaired) electrons. The van der Waals surface area contributed by atoms with Crippen molar-refractivity contribution in [3.05, 3.63) is 71.2 Å². The van der Waals surface area contributed by atoms with Crippen LogP contribution in [0.5, 0.6) is 5.88 Å². The zero-order valence-electron chi connectivity index (χ0n) is 21.0. The van der Waals surface area contributed by atoms with Gasteiger partial charge in [0.2, 0.25) is 5.88 Å². The molecular weight excluding hydrogens is 497 g/mol. The monoisotopic (exact) mass is 524 g/mol. The van der Waals surface area contributed by atoms with Crippen molar-refractivity contribution in [3.8, 4) is 17.1 Å². The molecule has 1 amide bonds. The fourth-order valence-electron chi connectivity index (χ4n) is 5.04. The Morgan fingerprint density at radius 2 is 1.95 bits per heavy atom. The molecule has 1 aromatic carbocycles. The number of carbonyl (C=O) groups is 1. The smallest absolute Gasteiger partial charge is 0.418 e. The van der Waals surface area contributed by atoms with E-state index in [4.69, 9.17) is 10.5 Å². The van der Waals surface area contributed by atoms with Crippen LogP contribution in [-0.2, 0) is 12.6 Å². The lowest BCUT2D eigenvalue weighted by atomic mass is 9.90. The Kier molecular flexibility index (Phi) is 6.68. The predicted molar refractivity (Wildman–Crippen MR) is 136 cm³/mol. The third-order valence-electron chi connectivity index (χ3n) is 6.91. The average Bonchev–Trinajstić information content (AvgIpc) is 3.31. The predicted octanol–water partition coefficient (Wildman–Crippen LogP) is 4.80. The Labute approximate surface area is 217 Å². The van der Waals surface area contributed by atoms with E-state index in [1.165, 1.54) is 30.5 Å². The van der Waals surface area contributed by atoms with Crippen molar-refractivity contribution in [2.24, 2.45) is 5.92 Å². The number of pyridine rings is 1. The van der Waals surface area contributed by atoms with Crippen molar-refractivity contribution in [2.45, 2.75) is 32.4 Å². The van der Waals surface area contributed by atoms with Gasteiger partial charge < -0.3 is 15.4 Å². The summed E-state index contributed by atoms with van der Waals surface area (Å²) in [5.41, 5.74) is 7.39. The molecule has 1 saturated heterocycles. The van der Waals surface area contributed by atoms with Gasteiger partial charge in [0.25, 0.3) is 5.91 Å². The molecule has 0 bridgehead atoms. The summed E-state index contributed by atoms with van der Waals surface area (Å²) in [6.07, 6.45) is 0.470. The number of nitrogen functional groups attached to an aromatic ring is 1. The third-order valence-corrected chi connectivity index (χ3v) is 6.91. The zero-order chi connectivity index (χ0) is 27.0. The van der Waals surface area contributed by atoms with Crippen molar-refractivity contribution in [1.82, 2.24) is 24.5 Å². The van der Waals surface area contributed by atoms with Crippen LogP contribution in [0.1, 0.15) is 39.9 Å². The van der Waals surface area contributed by atoms with E-state index in [0.29, 0.717) is 19.0 Å². The quantitative estimate of drug-likeness (QED) is 0.403. The van der Waals surface area contributed by atoms with Crippen LogP contribution in [0.3, 0.4) is 0 Å². The van der Waals surface area contributed by atoms with E-state index in [-0.39, 0.29) is 39.9 Å². The molecule has 11 heteroatoms. The molecule has 1 aliphatic rings. The number of rotatable bonds is 5. The molecule has 3 aromatic heterocycles. The number of anilines is 1. The lowest BCUT2D eigenvalue weighted by Crippen LogP contribution is -2.40. The van der Waals surface area contributed by atoms with Crippen LogP contribution in [0.2, 0.25) is 0 Å². The summed E-state index contributed by atoms with van der Waals surface area (Å²) < 4.78 is 47.8. The Balaban J connectivity index is 1.47. The molecule has 1 atom stereocenters. The minimum absolute atomic E-state index is 0.0847. The van der Waals surface area contributed by atoms with Gasteiger partial charge in [-0.25, -0.2) is 14.5 Å². The first kappa shape index (κ1) is 25.5. The number of likely N-dealkylation sites (tertiary alicyclic amines) is 1. The van der Waals surface area contributed by atoms with Gasteiger partial charge in [0, 0.05) is 24.8 Å². The minimum atomic E-state index is -4.68. The van der Waals surface area contributed by atoms with E-state index in [1.807, 2.05) is 6.92 Å². The highest BCUT2D eigenvalue weighted by Gasteiger charge is 2.37. The number of amides is 1. The standard InChI is InChI=1S/C27H27F3N6O2/c1-16-5-7-17(8-6-16)10-18-4-3-9-35(14-18)26(37)20-11-19(13-32-25(20)38-2)22-12-21(27(28,29)30)23-24(31)33-15-34-36(22)23/h5-8,11-13,15,18H,3-4,9-10,14H2,1-2H3,(H2,31,33,34). The first-order chi connectivity index (χ1) is 18.2. The highest BCUT2D eigenvalue weighted by atomic mass is 19.4. The van der Waals surface area contributed by atoms with Crippen LogP contribution in [0.4, 0.5) is 19.0 Å². The summed E-state index contributed by atoms with van der Waals surface area (Å²) in [7, 11) is 1.40. The lowest BCUT2D eigenvalue weighted by Gasteiger charge is -2.33. The number of halogens is 3. The van der Waals surface area contributed by atoms with E-state index in [9.17, 15) is 18.0 Å². The largest absolute Gasteiger partial charge is 0.480 e. The Morgan fingerprint density at radius 3 is 2.66 bits per heavy atom. The normalized spacial score (nSPS) is 16.1. The van der Waals surface area contributed by atoms with Gasteiger partial charge in [-0.15, -0.1) is 0 Å². The summed E-state index contributed by atoms with van der Waals surface area (Å²) in [4.78, 5) is 23.4.